The van der Waals surface area contributed by atoms with Crippen molar-refractivity contribution in [1.82, 2.24) is 0 Å². The Morgan fingerprint density at radius 1 is 0.800 bits per heavy atom. The molecule has 0 heterocycles. The fraction of sp³-hybridized carbons (Fsp3) is 0.0455. The highest BCUT2D eigenvalue weighted by molar-refractivity contribution is 7.73. The summed E-state index contributed by atoms with van der Waals surface area (Å²) in [6, 6.07) is 29.7. The molecule has 0 radical (unpaired) electrons. The van der Waals surface area contributed by atoms with Gasteiger partial charge in [-0.3, -0.25) is 4.79 Å². The van der Waals surface area contributed by atoms with Crippen LogP contribution in [0.1, 0.15) is 5.56 Å². The monoisotopic (exact) mass is 348 g/mol. The Morgan fingerprint density at radius 3 is 1.52 bits per heavy atom. The minimum Gasteiger partial charge on any atom is -0.481 e. The molecule has 0 unspecified atom stereocenters. The molecule has 0 aliphatic carbocycles. The largest absolute Gasteiger partial charge is 0.481 e. The molecule has 3 aromatic carbocycles. The van der Waals surface area contributed by atoms with E-state index in [0.29, 0.717) is 0 Å². The molecular formula is C22H21O2P. The number of carbonyl (C=O) groups is 1. The van der Waals surface area contributed by atoms with E-state index in [2.05, 4.69) is 6.58 Å². The molecule has 0 aromatic heterocycles. The summed E-state index contributed by atoms with van der Waals surface area (Å²) in [5, 5.41) is 11.2. The molecule has 0 atom stereocenters. The van der Waals surface area contributed by atoms with Crippen LogP contribution < -0.4 is 10.6 Å². The molecule has 25 heavy (non-hydrogen) atoms. The van der Waals surface area contributed by atoms with Gasteiger partial charge in [0.15, 0.2) is 0 Å². The van der Waals surface area contributed by atoms with Crippen molar-refractivity contribution in [2.75, 3.05) is 6.16 Å². The number of carboxylic acids is 1. The number of carboxylic acid groups (broad SMARTS) is 1. The summed E-state index contributed by atoms with van der Waals surface area (Å²) in [7, 11) is -0.790. The van der Waals surface area contributed by atoms with Crippen LogP contribution in [0.3, 0.4) is 0 Å². The van der Waals surface area contributed by atoms with Crippen LogP contribution in [0.2, 0.25) is 0 Å². The zero-order valence-electron chi connectivity index (χ0n) is 14.0. The Hall–Kier alpha value is -2.70. The van der Waals surface area contributed by atoms with Crippen LogP contribution in [-0.2, 0) is 4.79 Å². The van der Waals surface area contributed by atoms with Gasteiger partial charge in [0, 0.05) is 0 Å². The maximum atomic E-state index is 11.0. The van der Waals surface area contributed by atoms with Gasteiger partial charge in [-0.05, 0) is 24.1 Å². The molecule has 0 aliphatic heterocycles. The van der Waals surface area contributed by atoms with E-state index in [1.54, 1.807) is 0 Å². The molecule has 0 fully saturated rings. The third kappa shape index (κ3) is 6.37. The average Bonchev–Trinajstić information content (AvgIpc) is 2.68. The molecule has 0 amide bonds. The van der Waals surface area contributed by atoms with Crippen molar-refractivity contribution >= 4 is 30.6 Å². The van der Waals surface area contributed by atoms with Gasteiger partial charge in [0.25, 0.3) is 0 Å². The second kappa shape index (κ2) is 10.2. The summed E-state index contributed by atoms with van der Waals surface area (Å²) >= 11 is 0. The Balaban J connectivity index is 0.000000236. The topological polar surface area (TPSA) is 37.3 Å². The van der Waals surface area contributed by atoms with E-state index in [9.17, 15) is 4.79 Å². The van der Waals surface area contributed by atoms with E-state index in [-0.39, 0.29) is 6.16 Å². The summed E-state index contributed by atoms with van der Waals surface area (Å²) in [6.07, 6.45) is 2.02. The van der Waals surface area contributed by atoms with Crippen LogP contribution >= 0.6 is 7.92 Å². The van der Waals surface area contributed by atoms with Crippen molar-refractivity contribution in [1.29, 1.82) is 0 Å². The quantitative estimate of drug-likeness (QED) is 0.688. The van der Waals surface area contributed by atoms with Crippen LogP contribution in [0.5, 0.6) is 0 Å². The Bertz CT molecular complexity index is 731. The van der Waals surface area contributed by atoms with E-state index in [4.69, 9.17) is 5.11 Å². The summed E-state index contributed by atoms with van der Waals surface area (Å²) in [6.45, 7) is 3.63. The lowest BCUT2D eigenvalue weighted by Crippen LogP contribution is -2.17. The van der Waals surface area contributed by atoms with Gasteiger partial charge in [0.05, 0.1) is 6.16 Å². The van der Waals surface area contributed by atoms with Crippen LogP contribution in [0.4, 0.5) is 0 Å². The van der Waals surface area contributed by atoms with Gasteiger partial charge in [0.2, 0.25) is 0 Å². The van der Waals surface area contributed by atoms with Gasteiger partial charge in [-0.25, -0.2) is 0 Å². The minimum absolute atomic E-state index is 0.184. The standard InChI is InChI=1S/C14H13O2P.C8H8/c15-14(16)11-17(12-7-3-1-4-8-12)13-9-5-2-6-10-13;1-2-8-6-4-3-5-7-8/h1-10H,11H2,(H,15,16);2-7H,1H2. The summed E-state index contributed by atoms with van der Waals surface area (Å²) < 4.78 is 0. The molecule has 0 saturated heterocycles. The number of benzene rings is 3. The SMILES string of the molecule is C=Cc1ccccc1.O=C(O)CP(c1ccccc1)c1ccccc1. The summed E-state index contributed by atoms with van der Waals surface area (Å²) in [5.74, 6) is -0.746. The van der Waals surface area contributed by atoms with Crippen molar-refractivity contribution in [3.8, 4) is 0 Å². The predicted molar refractivity (Wildman–Crippen MR) is 108 cm³/mol. The average molecular weight is 348 g/mol. The Kier molecular flexibility index (Phi) is 7.62. The minimum atomic E-state index is -0.790. The summed E-state index contributed by atoms with van der Waals surface area (Å²) in [4.78, 5) is 11.0. The van der Waals surface area contributed by atoms with Crippen molar-refractivity contribution < 1.29 is 9.90 Å². The lowest BCUT2D eigenvalue weighted by atomic mass is 10.2. The lowest BCUT2D eigenvalue weighted by molar-refractivity contribution is -0.134. The van der Waals surface area contributed by atoms with Gasteiger partial charge >= 0.3 is 5.97 Å². The van der Waals surface area contributed by atoms with Gasteiger partial charge in [-0.15, -0.1) is 0 Å². The molecule has 0 saturated carbocycles. The maximum absolute atomic E-state index is 11.0. The second-order valence-corrected chi connectivity index (χ2v) is 7.47. The molecule has 1 N–H and O–H groups in total. The number of aliphatic carboxylic acids is 1. The van der Waals surface area contributed by atoms with Gasteiger partial charge in [0.1, 0.15) is 0 Å². The van der Waals surface area contributed by atoms with Crippen LogP contribution in [0.25, 0.3) is 6.08 Å². The fourth-order valence-electron chi connectivity index (χ4n) is 2.27. The van der Waals surface area contributed by atoms with Crippen molar-refractivity contribution in [3.63, 3.8) is 0 Å². The second-order valence-electron chi connectivity index (χ2n) is 5.27. The van der Waals surface area contributed by atoms with E-state index < -0.39 is 13.9 Å². The van der Waals surface area contributed by atoms with Gasteiger partial charge in [-0.2, -0.15) is 0 Å². The smallest absolute Gasteiger partial charge is 0.308 e. The Morgan fingerprint density at radius 2 is 1.20 bits per heavy atom. The van der Waals surface area contributed by atoms with Crippen molar-refractivity contribution in [2.45, 2.75) is 0 Å². The van der Waals surface area contributed by atoms with Crippen LogP contribution in [0, 0.1) is 0 Å². The van der Waals surface area contributed by atoms with Crippen LogP contribution in [-0.4, -0.2) is 17.2 Å². The summed E-state index contributed by atoms with van der Waals surface area (Å²) in [5.41, 5.74) is 1.17. The number of rotatable bonds is 5. The van der Waals surface area contributed by atoms with E-state index >= 15 is 0 Å². The Labute approximate surface area is 150 Å². The molecule has 0 bridgehead atoms. The maximum Gasteiger partial charge on any atom is 0.308 e. The first-order valence-corrected chi connectivity index (χ1v) is 9.50. The predicted octanol–water partition coefficient (Wildman–Crippen LogP) is 4.53. The zero-order chi connectivity index (χ0) is 17.9. The highest BCUT2D eigenvalue weighted by Crippen LogP contribution is 2.32. The van der Waals surface area contributed by atoms with Crippen LogP contribution in [0.15, 0.2) is 97.6 Å². The van der Waals surface area contributed by atoms with Gasteiger partial charge < -0.3 is 5.11 Å². The molecule has 2 nitrogen and oxygen atoms in total. The highest BCUT2D eigenvalue weighted by atomic mass is 31.1. The first-order valence-electron chi connectivity index (χ1n) is 7.97. The molecule has 3 heteroatoms. The van der Waals surface area contributed by atoms with Crippen molar-refractivity contribution in [2.24, 2.45) is 0 Å². The molecule has 0 aliphatic rings. The molecular weight excluding hydrogens is 327 g/mol. The third-order valence-corrected chi connectivity index (χ3v) is 5.89. The van der Waals surface area contributed by atoms with Gasteiger partial charge in [-0.1, -0.05) is 104 Å². The number of hydrogen-bond acceptors (Lipinski definition) is 1. The first-order chi connectivity index (χ1) is 12.2. The van der Waals surface area contributed by atoms with E-state index in [1.165, 1.54) is 5.56 Å². The first kappa shape index (κ1) is 18.6. The zero-order valence-corrected chi connectivity index (χ0v) is 14.8. The lowest BCUT2D eigenvalue weighted by Gasteiger charge is -2.16. The van der Waals surface area contributed by atoms with E-state index in [1.807, 2.05) is 97.1 Å². The third-order valence-electron chi connectivity index (χ3n) is 3.46. The van der Waals surface area contributed by atoms with Crippen molar-refractivity contribution in [3.05, 3.63) is 103 Å². The van der Waals surface area contributed by atoms with E-state index in [0.717, 1.165) is 10.6 Å². The molecule has 126 valence electrons. The highest BCUT2D eigenvalue weighted by Gasteiger charge is 2.16. The normalized spacial score (nSPS) is 9.80. The molecule has 3 rings (SSSR count). The fourth-order valence-corrected chi connectivity index (χ4v) is 4.27. The molecule has 0 spiro atoms. The molecule has 3 aromatic rings. The number of hydrogen-bond donors (Lipinski definition) is 1.